The van der Waals surface area contributed by atoms with E-state index in [0.29, 0.717) is 11.1 Å². The van der Waals surface area contributed by atoms with Crippen molar-refractivity contribution in [2.75, 3.05) is 19.1 Å². The summed E-state index contributed by atoms with van der Waals surface area (Å²) in [7, 11) is 4.70. The van der Waals surface area contributed by atoms with Gasteiger partial charge in [0.25, 0.3) is 5.56 Å². The van der Waals surface area contributed by atoms with E-state index < -0.39 is 17.4 Å². The summed E-state index contributed by atoms with van der Waals surface area (Å²) in [5.41, 5.74) is 2.27. The zero-order valence-electron chi connectivity index (χ0n) is 19.5. The van der Waals surface area contributed by atoms with Gasteiger partial charge in [-0.3, -0.25) is 14.2 Å². The van der Waals surface area contributed by atoms with Crippen LogP contribution in [0.5, 0.6) is 5.75 Å². The van der Waals surface area contributed by atoms with Crippen molar-refractivity contribution in [1.82, 2.24) is 14.7 Å². The molecule has 2 heterocycles. The topological polar surface area (TPSA) is 114 Å². The third-order valence-electron chi connectivity index (χ3n) is 5.69. The zero-order valence-corrected chi connectivity index (χ0v) is 19.5. The largest absolute Gasteiger partial charge is 0.489 e. The normalized spacial score (nSPS) is 11.5. The predicted octanol–water partition coefficient (Wildman–Crippen LogP) is 3.30. The van der Waals surface area contributed by atoms with E-state index in [1.54, 1.807) is 26.2 Å². The first-order chi connectivity index (χ1) is 16.9. The number of aromatic nitrogens is 3. The lowest BCUT2D eigenvalue weighted by Gasteiger charge is -2.31. The molecule has 2 aromatic carbocycles. The number of hydrogen-bond acceptors (Lipinski definition) is 8. The van der Waals surface area contributed by atoms with Crippen LogP contribution in [0.4, 0.5) is 5.95 Å². The molecular formula is C26H23N5O4. The van der Waals surface area contributed by atoms with Crippen molar-refractivity contribution in [3.63, 3.8) is 0 Å². The van der Waals surface area contributed by atoms with Crippen molar-refractivity contribution >= 4 is 11.7 Å². The maximum atomic E-state index is 13.2. The second-order valence-corrected chi connectivity index (χ2v) is 7.95. The first-order valence-electron chi connectivity index (χ1n) is 10.8. The molecule has 4 aromatic rings. The van der Waals surface area contributed by atoms with Crippen molar-refractivity contribution in [3.8, 4) is 11.8 Å². The van der Waals surface area contributed by atoms with E-state index in [0.717, 1.165) is 11.1 Å². The fraction of sp³-hybridized carbons (Fsp3) is 0.192. The highest BCUT2D eigenvalue weighted by atomic mass is 16.5. The van der Waals surface area contributed by atoms with Gasteiger partial charge in [0.2, 0.25) is 11.7 Å². The maximum absolute atomic E-state index is 13.2. The fourth-order valence-electron chi connectivity index (χ4n) is 4.01. The molecule has 0 aliphatic rings. The number of anilines is 1. The van der Waals surface area contributed by atoms with Gasteiger partial charge in [-0.05, 0) is 23.3 Å². The Morgan fingerprint density at radius 2 is 1.94 bits per heavy atom. The second-order valence-electron chi connectivity index (χ2n) is 7.95. The van der Waals surface area contributed by atoms with Gasteiger partial charge in [-0.2, -0.15) is 5.26 Å². The van der Waals surface area contributed by atoms with Gasteiger partial charge >= 0.3 is 0 Å². The average Bonchev–Trinajstić information content (AvgIpc) is 3.39. The number of hydrogen-bond donors (Lipinski definition) is 0. The molecule has 2 aromatic heterocycles. The Hall–Kier alpha value is -4.71. The van der Waals surface area contributed by atoms with E-state index in [1.807, 2.05) is 47.4 Å². The van der Waals surface area contributed by atoms with Gasteiger partial charge in [0.1, 0.15) is 6.26 Å². The Balaban J connectivity index is 1.86. The number of methoxy groups -OCH3 is 1. The highest BCUT2D eigenvalue weighted by Gasteiger charge is 2.27. The smallest absolute Gasteiger partial charge is 0.297 e. The van der Waals surface area contributed by atoms with Crippen LogP contribution < -0.4 is 15.2 Å². The monoisotopic (exact) mass is 469 g/mol. The summed E-state index contributed by atoms with van der Waals surface area (Å²) in [6.45, 7) is 0. The van der Waals surface area contributed by atoms with Crippen LogP contribution in [0.25, 0.3) is 0 Å². The zero-order chi connectivity index (χ0) is 24.9. The number of ether oxygens (including phenoxy) is 1. The number of rotatable bonds is 8. The van der Waals surface area contributed by atoms with Gasteiger partial charge in [0.15, 0.2) is 11.5 Å². The quantitative estimate of drug-likeness (QED) is 0.361. The first kappa shape index (κ1) is 23.4. The predicted molar refractivity (Wildman–Crippen MR) is 128 cm³/mol. The molecule has 9 nitrogen and oxygen atoms in total. The third-order valence-corrected chi connectivity index (χ3v) is 5.69. The minimum absolute atomic E-state index is 0.0461. The molecule has 0 radical (unpaired) electrons. The lowest BCUT2D eigenvalue weighted by atomic mass is 9.96. The SMILES string of the molecule is COc1c(C(=O)Cc2cnoc2)nc(N(C)C(c2ccccc2)c2cccc(C#N)c2)n(C)c1=O. The van der Waals surface area contributed by atoms with Gasteiger partial charge in [0.05, 0.1) is 31.0 Å². The first-order valence-corrected chi connectivity index (χ1v) is 10.8. The molecule has 0 N–H and O–H groups in total. The summed E-state index contributed by atoms with van der Waals surface area (Å²) < 4.78 is 11.4. The number of ketones is 1. The number of nitrogens with zero attached hydrogens (tertiary/aromatic N) is 5. The summed E-state index contributed by atoms with van der Waals surface area (Å²) in [6.07, 6.45) is 2.76. The molecule has 9 heteroatoms. The highest BCUT2D eigenvalue weighted by molar-refractivity contribution is 5.98. The molecule has 0 bridgehead atoms. The minimum atomic E-state index is -0.490. The van der Waals surface area contributed by atoms with E-state index >= 15 is 0 Å². The van der Waals surface area contributed by atoms with E-state index in [4.69, 9.17) is 9.26 Å². The highest BCUT2D eigenvalue weighted by Crippen LogP contribution is 2.31. The minimum Gasteiger partial charge on any atom is -0.489 e. The number of benzene rings is 2. The maximum Gasteiger partial charge on any atom is 0.297 e. The molecule has 176 valence electrons. The Kier molecular flexibility index (Phi) is 6.73. The van der Waals surface area contributed by atoms with Crippen molar-refractivity contribution in [2.24, 2.45) is 7.05 Å². The molecule has 0 spiro atoms. The van der Waals surface area contributed by atoms with Gasteiger partial charge < -0.3 is 14.2 Å². The van der Waals surface area contributed by atoms with Gasteiger partial charge in [-0.15, -0.1) is 0 Å². The van der Waals surface area contributed by atoms with Gasteiger partial charge in [0, 0.05) is 26.1 Å². The molecule has 1 atom stereocenters. The lowest BCUT2D eigenvalue weighted by molar-refractivity contribution is 0.0984. The number of Topliss-reactive ketones (excluding diaryl/α,β-unsaturated/α-hetero) is 1. The molecule has 0 saturated carbocycles. The summed E-state index contributed by atoms with van der Waals surface area (Å²) in [6, 6.07) is 18.7. The Morgan fingerprint density at radius 1 is 1.20 bits per heavy atom. The molecule has 0 fully saturated rings. The number of carbonyl (C=O) groups excluding carboxylic acids is 1. The summed E-state index contributed by atoms with van der Waals surface area (Å²) in [5.74, 6) is -0.269. The van der Waals surface area contributed by atoms with Crippen LogP contribution >= 0.6 is 0 Å². The molecule has 0 saturated heterocycles. The van der Waals surface area contributed by atoms with Crippen molar-refractivity contribution in [3.05, 3.63) is 105 Å². The van der Waals surface area contributed by atoms with Gasteiger partial charge in [-0.25, -0.2) is 4.98 Å². The summed E-state index contributed by atoms with van der Waals surface area (Å²) >= 11 is 0. The fourth-order valence-corrected chi connectivity index (χ4v) is 4.01. The van der Waals surface area contributed by atoms with E-state index in [9.17, 15) is 14.9 Å². The molecule has 0 amide bonds. The summed E-state index contributed by atoms with van der Waals surface area (Å²) in [5, 5.41) is 13.0. The molecule has 0 aliphatic carbocycles. The Labute approximate surface area is 201 Å². The van der Waals surface area contributed by atoms with Crippen LogP contribution in [0.1, 0.15) is 38.8 Å². The van der Waals surface area contributed by atoms with Crippen LogP contribution in [0.2, 0.25) is 0 Å². The molecule has 1 unspecified atom stereocenters. The summed E-state index contributed by atoms with van der Waals surface area (Å²) in [4.78, 5) is 32.7. The molecule has 35 heavy (non-hydrogen) atoms. The van der Waals surface area contributed by atoms with E-state index in [-0.39, 0.29) is 23.8 Å². The third kappa shape index (κ3) is 4.68. The van der Waals surface area contributed by atoms with Crippen molar-refractivity contribution in [2.45, 2.75) is 12.5 Å². The molecular weight excluding hydrogens is 446 g/mol. The van der Waals surface area contributed by atoms with Crippen molar-refractivity contribution in [1.29, 1.82) is 5.26 Å². The molecule has 4 rings (SSSR count). The standard InChI is InChI=1S/C26H23N5O4/c1-30(23(19-9-5-4-6-10-19)20-11-7-8-17(12-20)14-27)26-29-22(24(34-3)25(33)31(26)2)21(32)13-18-15-28-35-16-18/h4-12,15-16,23H,13H2,1-3H3. The van der Waals surface area contributed by atoms with Crippen LogP contribution in [0.15, 0.2) is 76.4 Å². The van der Waals surface area contributed by atoms with Crippen LogP contribution in [0.3, 0.4) is 0 Å². The number of nitriles is 1. The lowest BCUT2D eigenvalue weighted by Crippen LogP contribution is -2.34. The second kappa shape index (κ2) is 10.1. The Morgan fingerprint density at radius 3 is 2.60 bits per heavy atom. The number of carbonyl (C=O) groups is 1. The van der Waals surface area contributed by atoms with Crippen LogP contribution in [-0.4, -0.2) is 34.6 Å². The van der Waals surface area contributed by atoms with Gasteiger partial charge in [-0.1, -0.05) is 47.6 Å². The molecule has 0 aliphatic heterocycles. The van der Waals surface area contributed by atoms with E-state index in [1.165, 1.54) is 24.1 Å². The van der Waals surface area contributed by atoms with E-state index in [2.05, 4.69) is 16.2 Å². The average molecular weight is 470 g/mol. The van der Waals surface area contributed by atoms with Crippen molar-refractivity contribution < 1.29 is 14.1 Å². The Bertz CT molecular complexity index is 1440. The van der Waals surface area contributed by atoms with Crippen LogP contribution in [0, 0.1) is 11.3 Å². The van der Waals surface area contributed by atoms with Crippen LogP contribution in [-0.2, 0) is 13.5 Å².